The molecule has 0 amide bonds. The molecule has 1 aromatic rings. The molecule has 1 aromatic heterocycles. The van der Waals surface area contributed by atoms with E-state index >= 15 is 0 Å². The van der Waals surface area contributed by atoms with Crippen LogP contribution in [0.2, 0.25) is 0 Å². The minimum atomic E-state index is 0.548. The second-order valence-electron chi connectivity index (χ2n) is 4.80. The van der Waals surface area contributed by atoms with Crippen LogP contribution in [0.3, 0.4) is 0 Å². The van der Waals surface area contributed by atoms with Crippen LogP contribution in [0.15, 0.2) is 11.1 Å². The molecule has 6 heteroatoms. The van der Waals surface area contributed by atoms with E-state index in [4.69, 9.17) is 10.6 Å². The van der Waals surface area contributed by atoms with Gasteiger partial charge in [0.25, 0.3) is 0 Å². The van der Waals surface area contributed by atoms with Crippen LogP contribution in [0.4, 0.5) is 5.82 Å². The first-order chi connectivity index (χ1) is 8.85. The summed E-state index contributed by atoms with van der Waals surface area (Å²) in [6.45, 7) is 1.72. The maximum absolute atomic E-state index is 5.47. The minimum Gasteiger partial charge on any atom is -0.381 e. The number of nitrogen functional groups attached to an aromatic ring is 1. The SMILES string of the molecule is NNc1cc(SC2CCOCC2)nc(C2CC2)n1. The second kappa shape index (κ2) is 5.42. The molecule has 0 unspecified atom stereocenters. The van der Waals surface area contributed by atoms with Gasteiger partial charge in [-0.1, -0.05) is 0 Å². The number of ether oxygens (including phenoxy) is 1. The number of nitrogens with one attached hydrogen (secondary N) is 1. The Bertz CT molecular complexity index is 419. The Labute approximate surface area is 111 Å². The average Bonchev–Trinajstić information content (AvgIpc) is 3.24. The van der Waals surface area contributed by atoms with Gasteiger partial charge in [0.2, 0.25) is 0 Å². The molecule has 1 aliphatic carbocycles. The largest absolute Gasteiger partial charge is 0.381 e. The number of aromatic nitrogens is 2. The molecule has 5 nitrogen and oxygen atoms in total. The van der Waals surface area contributed by atoms with E-state index in [1.54, 1.807) is 0 Å². The third kappa shape index (κ3) is 2.93. The fraction of sp³-hybridized carbons (Fsp3) is 0.667. The van der Waals surface area contributed by atoms with Crippen molar-refractivity contribution in [2.24, 2.45) is 5.84 Å². The van der Waals surface area contributed by atoms with Crippen molar-refractivity contribution in [1.29, 1.82) is 0 Å². The standard InChI is InChI=1S/C12H18N4OS/c13-16-10-7-11(15-12(14-10)8-1-2-8)18-9-3-5-17-6-4-9/h7-9H,1-6,13H2,(H,14,15,16). The molecule has 0 radical (unpaired) electrons. The zero-order chi connectivity index (χ0) is 12.4. The monoisotopic (exact) mass is 266 g/mol. The number of anilines is 1. The van der Waals surface area contributed by atoms with E-state index < -0.39 is 0 Å². The lowest BCUT2D eigenvalue weighted by Crippen LogP contribution is -2.18. The molecule has 2 heterocycles. The van der Waals surface area contributed by atoms with Gasteiger partial charge in [0, 0.05) is 30.4 Å². The van der Waals surface area contributed by atoms with Crippen LogP contribution >= 0.6 is 11.8 Å². The number of hydrogen-bond acceptors (Lipinski definition) is 6. The van der Waals surface area contributed by atoms with Crippen molar-refractivity contribution in [3.05, 3.63) is 11.9 Å². The number of rotatable bonds is 4. The first kappa shape index (κ1) is 12.2. The zero-order valence-electron chi connectivity index (χ0n) is 10.3. The smallest absolute Gasteiger partial charge is 0.144 e. The van der Waals surface area contributed by atoms with Crippen molar-refractivity contribution >= 4 is 17.6 Å². The third-order valence-corrected chi connectivity index (χ3v) is 4.52. The number of hydrazine groups is 1. The van der Waals surface area contributed by atoms with Gasteiger partial charge in [-0.2, -0.15) is 0 Å². The third-order valence-electron chi connectivity index (χ3n) is 3.27. The fourth-order valence-electron chi connectivity index (χ4n) is 2.07. The molecule has 0 spiro atoms. The molecule has 98 valence electrons. The van der Waals surface area contributed by atoms with E-state index in [2.05, 4.69) is 15.4 Å². The van der Waals surface area contributed by atoms with Crippen LogP contribution in [-0.2, 0) is 4.74 Å². The lowest BCUT2D eigenvalue weighted by molar-refractivity contribution is 0.1000. The topological polar surface area (TPSA) is 73.1 Å². The molecule has 1 aliphatic heterocycles. The van der Waals surface area contributed by atoms with Crippen molar-refractivity contribution in [2.75, 3.05) is 18.6 Å². The lowest BCUT2D eigenvalue weighted by Gasteiger charge is -2.21. The van der Waals surface area contributed by atoms with E-state index in [9.17, 15) is 0 Å². The summed E-state index contributed by atoms with van der Waals surface area (Å²) in [6, 6.07) is 1.94. The van der Waals surface area contributed by atoms with Gasteiger partial charge in [0.05, 0.1) is 0 Å². The molecule has 2 aliphatic rings. The van der Waals surface area contributed by atoms with Crippen molar-refractivity contribution in [3.63, 3.8) is 0 Å². The van der Waals surface area contributed by atoms with E-state index in [-0.39, 0.29) is 0 Å². The van der Waals surface area contributed by atoms with Crippen molar-refractivity contribution in [3.8, 4) is 0 Å². The van der Waals surface area contributed by atoms with E-state index in [1.807, 2.05) is 17.8 Å². The second-order valence-corrected chi connectivity index (χ2v) is 6.12. The Balaban J connectivity index is 1.74. The highest BCUT2D eigenvalue weighted by molar-refractivity contribution is 7.99. The molecule has 1 saturated carbocycles. The van der Waals surface area contributed by atoms with Crippen LogP contribution < -0.4 is 11.3 Å². The highest BCUT2D eigenvalue weighted by Gasteiger charge is 2.27. The van der Waals surface area contributed by atoms with E-state index in [0.717, 1.165) is 42.7 Å². The fourth-order valence-corrected chi connectivity index (χ4v) is 3.16. The van der Waals surface area contributed by atoms with Crippen LogP contribution in [0, 0.1) is 0 Å². The molecule has 0 atom stereocenters. The Morgan fingerprint density at radius 1 is 1.22 bits per heavy atom. The Hall–Kier alpha value is -0.850. The molecule has 2 fully saturated rings. The summed E-state index contributed by atoms with van der Waals surface area (Å²) < 4.78 is 5.38. The summed E-state index contributed by atoms with van der Waals surface area (Å²) in [7, 11) is 0. The highest BCUT2D eigenvalue weighted by Crippen LogP contribution is 2.39. The quantitative estimate of drug-likeness (QED) is 0.493. The predicted octanol–water partition coefficient (Wildman–Crippen LogP) is 1.91. The molecule has 3 N–H and O–H groups in total. The maximum atomic E-state index is 5.47. The molecule has 18 heavy (non-hydrogen) atoms. The van der Waals surface area contributed by atoms with Gasteiger partial charge in [-0.3, -0.25) is 0 Å². The molecule has 1 saturated heterocycles. The van der Waals surface area contributed by atoms with Gasteiger partial charge in [-0.25, -0.2) is 15.8 Å². The van der Waals surface area contributed by atoms with E-state index in [1.165, 1.54) is 12.8 Å². The average molecular weight is 266 g/mol. The van der Waals surface area contributed by atoms with Crippen molar-refractivity contribution < 1.29 is 4.74 Å². The Morgan fingerprint density at radius 3 is 2.67 bits per heavy atom. The summed E-state index contributed by atoms with van der Waals surface area (Å²) in [4.78, 5) is 9.07. The first-order valence-corrected chi connectivity index (χ1v) is 7.33. The first-order valence-electron chi connectivity index (χ1n) is 6.45. The van der Waals surface area contributed by atoms with Crippen molar-refractivity contribution in [1.82, 2.24) is 9.97 Å². The molecular formula is C12H18N4OS. The van der Waals surface area contributed by atoms with Crippen molar-refractivity contribution in [2.45, 2.75) is 41.9 Å². The summed E-state index contributed by atoms with van der Waals surface area (Å²) in [5, 5.41) is 1.64. The van der Waals surface area contributed by atoms with Crippen LogP contribution in [0.25, 0.3) is 0 Å². The van der Waals surface area contributed by atoms with Gasteiger partial charge in [-0.05, 0) is 25.7 Å². The number of nitrogens with zero attached hydrogens (tertiary/aromatic N) is 2. The summed E-state index contributed by atoms with van der Waals surface area (Å²) in [6.07, 6.45) is 4.60. The Kier molecular flexibility index (Phi) is 3.67. The van der Waals surface area contributed by atoms with Gasteiger partial charge in [0.15, 0.2) is 0 Å². The van der Waals surface area contributed by atoms with Gasteiger partial charge in [-0.15, -0.1) is 11.8 Å². The lowest BCUT2D eigenvalue weighted by atomic mass is 10.2. The number of nitrogens with two attached hydrogens (primary N) is 1. The van der Waals surface area contributed by atoms with Crippen LogP contribution in [0.5, 0.6) is 0 Å². The van der Waals surface area contributed by atoms with E-state index in [0.29, 0.717) is 11.2 Å². The zero-order valence-corrected chi connectivity index (χ0v) is 11.1. The summed E-state index contributed by atoms with van der Waals surface area (Å²) in [5.74, 6) is 7.69. The predicted molar refractivity (Wildman–Crippen MR) is 71.5 cm³/mol. The van der Waals surface area contributed by atoms with Crippen LogP contribution in [0.1, 0.15) is 37.4 Å². The Morgan fingerprint density at radius 2 is 2.00 bits per heavy atom. The maximum Gasteiger partial charge on any atom is 0.144 e. The number of hydrogen-bond donors (Lipinski definition) is 2. The molecule has 0 aromatic carbocycles. The highest BCUT2D eigenvalue weighted by atomic mass is 32.2. The van der Waals surface area contributed by atoms with Gasteiger partial charge < -0.3 is 10.2 Å². The molecule has 3 rings (SSSR count). The van der Waals surface area contributed by atoms with Gasteiger partial charge in [0.1, 0.15) is 16.7 Å². The normalized spacial score (nSPS) is 20.9. The summed E-state index contributed by atoms with van der Waals surface area (Å²) in [5.41, 5.74) is 2.64. The van der Waals surface area contributed by atoms with Crippen LogP contribution in [-0.4, -0.2) is 28.4 Å². The molecular weight excluding hydrogens is 248 g/mol. The number of thioether (sulfide) groups is 1. The van der Waals surface area contributed by atoms with Gasteiger partial charge >= 0.3 is 0 Å². The minimum absolute atomic E-state index is 0.548. The molecule has 0 bridgehead atoms. The summed E-state index contributed by atoms with van der Waals surface area (Å²) >= 11 is 1.83.